The predicted molar refractivity (Wildman–Crippen MR) is 39.6 cm³/mol. The largest absolute Gasteiger partial charge is 0.474 e. The normalized spacial score (nSPS) is 19.4. The lowest BCUT2D eigenvalue weighted by Gasteiger charge is -2.37. The van der Waals surface area contributed by atoms with Crippen LogP contribution in [-0.4, -0.2) is 36.7 Å². The molecule has 1 heterocycles. The first-order chi connectivity index (χ1) is 5.53. The Bertz CT molecular complexity index is 209. The van der Waals surface area contributed by atoms with Gasteiger partial charge in [0.25, 0.3) is 0 Å². The van der Waals surface area contributed by atoms with E-state index in [1.165, 1.54) is 0 Å². The zero-order chi connectivity index (χ0) is 9.19. The van der Waals surface area contributed by atoms with Gasteiger partial charge in [0.05, 0.1) is 13.2 Å². The van der Waals surface area contributed by atoms with E-state index in [0.717, 1.165) is 0 Å². The fourth-order valence-electron chi connectivity index (χ4n) is 0.922. The van der Waals surface area contributed by atoms with Crippen LogP contribution < -0.4 is 5.32 Å². The zero-order valence-electron chi connectivity index (χ0n) is 6.79. The van der Waals surface area contributed by atoms with Crippen molar-refractivity contribution in [2.45, 2.75) is 6.92 Å². The second kappa shape index (κ2) is 3.10. The number of aliphatic carboxylic acids is 1. The molecule has 1 fully saturated rings. The van der Waals surface area contributed by atoms with Gasteiger partial charge < -0.3 is 15.2 Å². The molecule has 0 aromatic carbocycles. The van der Waals surface area contributed by atoms with E-state index in [-0.39, 0.29) is 5.41 Å². The van der Waals surface area contributed by atoms with Crippen molar-refractivity contribution in [2.75, 3.05) is 19.8 Å². The first-order valence-corrected chi connectivity index (χ1v) is 3.62. The number of ether oxygens (including phenoxy) is 1. The summed E-state index contributed by atoms with van der Waals surface area (Å²) in [6.45, 7) is 3.44. The summed E-state index contributed by atoms with van der Waals surface area (Å²) < 4.78 is 4.93. The van der Waals surface area contributed by atoms with E-state index < -0.39 is 11.9 Å². The number of carbonyl (C=O) groups is 2. The van der Waals surface area contributed by atoms with Crippen molar-refractivity contribution in [3.05, 3.63) is 0 Å². The number of nitrogens with one attached hydrogen (secondary N) is 1. The first kappa shape index (κ1) is 8.99. The number of hydrogen-bond donors (Lipinski definition) is 2. The molecule has 12 heavy (non-hydrogen) atoms. The SMILES string of the molecule is CC1(CNC(=O)C(=O)O)COC1. The van der Waals surface area contributed by atoms with Crippen molar-refractivity contribution < 1.29 is 19.4 Å². The minimum absolute atomic E-state index is 0.0783. The van der Waals surface area contributed by atoms with Gasteiger partial charge in [0.2, 0.25) is 0 Å². The van der Waals surface area contributed by atoms with Crippen LogP contribution in [0, 0.1) is 5.41 Å². The molecule has 1 amide bonds. The average Bonchev–Trinajstić information content (AvgIpc) is 1.96. The smallest absolute Gasteiger partial charge is 0.394 e. The fraction of sp³-hybridized carbons (Fsp3) is 0.714. The lowest BCUT2D eigenvalue weighted by Crippen LogP contribution is -2.49. The van der Waals surface area contributed by atoms with Gasteiger partial charge in [-0.15, -0.1) is 0 Å². The number of hydrogen-bond acceptors (Lipinski definition) is 3. The Morgan fingerprint density at radius 1 is 1.58 bits per heavy atom. The van der Waals surface area contributed by atoms with Gasteiger partial charge in [-0.05, 0) is 0 Å². The quantitative estimate of drug-likeness (QED) is 0.537. The molecule has 0 unspecified atom stereocenters. The molecule has 0 atom stereocenters. The minimum atomic E-state index is -1.45. The minimum Gasteiger partial charge on any atom is -0.474 e. The van der Waals surface area contributed by atoms with Crippen LogP contribution in [0.4, 0.5) is 0 Å². The maximum atomic E-state index is 10.6. The molecule has 5 nitrogen and oxygen atoms in total. The molecule has 0 spiro atoms. The molecule has 0 radical (unpaired) electrons. The third-order valence-corrected chi connectivity index (χ3v) is 1.77. The summed E-state index contributed by atoms with van der Waals surface area (Å²) in [6, 6.07) is 0. The van der Waals surface area contributed by atoms with Gasteiger partial charge in [0, 0.05) is 12.0 Å². The highest BCUT2D eigenvalue weighted by Gasteiger charge is 2.34. The van der Waals surface area contributed by atoms with Crippen LogP contribution in [0.25, 0.3) is 0 Å². The molecule has 0 aromatic heterocycles. The number of amides is 1. The van der Waals surface area contributed by atoms with Crippen molar-refractivity contribution in [1.82, 2.24) is 5.32 Å². The summed E-state index contributed by atoms with van der Waals surface area (Å²) in [7, 11) is 0. The van der Waals surface area contributed by atoms with Gasteiger partial charge in [0.1, 0.15) is 0 Å². The first-order valence-electron chi connectivity index (χ1n) is 3.62. The highest BCUT2D eigenvalue weighted by molar-refractivity contribution is 6.31. The van der Waals surface area contributed by atoms with Crippen molar-refractivity contribution in [3.63, 3.8) is 0 Å². The Hall–Kier alpha value is -1.10. The molecule has 0 aromatic rings. The molecule has 1 rings (SSSR count). The summed E-state index contributed by atoms with van der Waals surface area (Å²) in [6.07, 6.45) is 0. The van der Waals surface area contributed by atoms with Gasteiger partial charge in [0.15, 0.2) is 0 Å². The molecule has 68 valence electrons. The van der Waals surface area contributed by atoms with Gasteiger partial charge in [-0.25, -0.2) is 4.79 Å². The molecule has 1 aliphatic rings. The summed E-state index contributed by atoms with van der Waals surface area (Å²) >= 11 is 0. The third kappa shape index (κ3) is 1.94. The van der Waals surface area contributed by atoms with E-state index in [1.807, 2.05) is 6.92 Å². The van der Waals surface area contributed by atoms with Crippen LogP contribution in [0.3, 0.4) is 0 Å². The summed E-state index contributed by atoms with van der Waals surface area (Å²) in [5.74, 6) is -2.40. The maximum absolute atomic E-state index is 10.6. The van der Waals surface area contributed by atoms with E-state index >= 15 is 0 Å². The van der Waals surface area contributed by atoms with E-state index in [4.69, 9.17) is 9.84 Å². The molecule has 0 aliphatic carbocycles. The Kier molecular flexibility index (Phi) is 2.32. The van der Waals surface area contributed by atoms with Crippen molar-refractivity contribution >= 4 is 11.9 Å². The maximum Gasteiger partial charge on any atom is 0.394 e. The second-order valence-electron chi connectivity index (χ2n) is 3.29. The Morgan fingerprint density at radius 2 is 2.17 bits per heavy atom. The molecular weight excluding hydrogens is 162 g/mol. The van der Waals surface area contributed by atoms with E-state index in [0.29, 0.717) is 19.8 Å². The summed E-state index contributed by atoms with van der Waals surface area (Å²) in [4.78, 5) is 20.7. The lowest BCUT2D eigenvalue weighted by atomic mass is 9.89. The van der Waals surface area contributed by atoms with Crippen LogP contribution in [0.1, 0.15) is 6.92 Å². The molecule has 0 saturated carbocycles. The number of carboxylic acid groups (broad SMARTS) is 1. The molecule has 5 heteroatoms. The van der Waals surface area contributed by atoms with E-state index in [9.17, 15) is 9.59 Å². The predicted octanol–water partition coefficient (Wildman–Crippen LogP) is -0.776. The van der Waals surface area contributed by atoms with Crippen molar-refractivity contribution in [2.24, 2.45) is 5.41 Å². The van der Waals surface area contributed by atoms with Gasteiger partial charge in [-0.3, -0.25) is 4.79 Å². The van der Waals surface area contributed by atoms with Gasteiger partial charge in [-0.2, -0.15) is 0 Å². The van der Waals surface area contributed by atoms with Crippen molar-refractivity contribution in [3.8, 4) is 0 Å². The van der Waals surface area contributed by atoms with E-state index in [1.54, 1.807) is 0 Å². The Morgan fingerprint density at radius 3 is 2.50 bits per heavy atom. The van der Waals surface area contributed by atoms with Crippen LogP contribution in [0.2, 0.25) is 0 Å². The molecule has 1 aliphatic heterocycles. The number of rotatable bonds is 2. The summed E-state index contributed by atoms with van der Waals surface area (Å²) in [5.41, 5.74) is -0.0783. The molecular formula is C7H11NO4. The lowest BCUT2D eigenvalue weighted by molar-refractivity contribution is -0.151. The zero-order valence-corrected chi connectivity index (χ0v) is 6.79. The fourth-order valence-corrected chi connectivity index (χ4v) is 0.922. The van der Waals surface area contributed by atoms with Gasteiger partial charge in [-0.1, -0.05) is 6.92 Å². The molecule has 1 saturated heterocycles. The Labute approximate surface area is 69.7 Å². The van der Waals surface area contributed by atoms with Crippen LogP contribution in [-0.2, 0) is 14.3 Å². The number of carbonyl (C=O) groups excluding carboxylic acids is 1. The standard InChI is InChI=1S/C7H11NO4/c1-7(3-12-4-7)2-8-5(9)6(10)11/h2-4H2,1H3,(H,8,9)(H,10,11). The summed E-state index contributed by atoms with van der Waals surface area (Å²) in [5, 5.41) is 10.5. The highest BCUT2D eigenvalue weighted by atomic mass is 16.5. The molecule has 2 N–H and O–H groups in total. The van der Waals surface area contributed by atoms with Gasteiger partial charge >= 0.3 is 11.9 Å². The second-order valence-corrected chi connectivity index (χ2v) is 3.29. The van der Waals surface area contributed by atoms with E-state index in [2.05, 4.69) is 5.32 Å². The van der Waals surface area contributed by atoms with Crippen LogP contribution >= 0.6 is 0 Å². The Balaban J connectivity index is 2.25. The highest BCUT2D eigenvalue weighted by Crippen LogP contribution is 2.24. The third-order valence-electron chi connectivity index (χ3n) is 1.77. The monoisotopic (exact) mass is 173 g/mol. The average molecular weight is 173 g/mol. The topological polar surface area (TPSA) is 75.6 Å². The number of carboxylic acids is 1. The molecule has 0 bridgehead atoms. The van der Waals surface area contributed by atoms with Crippen LogP contribution in [0.5, 0.6) is 0 Å². The van der Waals surface area contributed by atoms with Crippen molar-refractivity contribution in [1.29, 1.82) is 0 Å². The van der Waals surface area contributed by atoms with Crippen LogP contribution in [0.15, 0.2) is 0 Å².